The zero-order valence-corrected chi connectivity index (χ0v) is 25.5. The van der Waals surface area contributed by atoms with Crippen molar-refractivity contribution in [1.82, 2.24) is 24.0 Å². The van der Waals surface area contributed by atoms with E-state index in [4.69, 9.17) is 16.7 Å². The lowest BCUT2D eigenvalue weighted by Gasteiger charge is -2.39. The lowest BCUT2D eigenvalue weighted by molar-refractivity contribution is 0.122. The number of rotatable bonds is 7. The molecule has 0 aliphatic carbocycles. The number of halogens is 2. The fraction of sp³-hybridized carbons (Fsp3) is 0.300. The molecule has 2 fully saturated rings. The summed E-state index contributed by atoms with van der Waals surface area (Å²) >= 11 is 6.42. The van der Waals surface area contributed by atoms with Gasteiger partial charge in [-0.15, -0.1) is 0 Å². The van der Waals surface area contributed by atoms with Crippen LogP contribution in [0.1, 0.15) is 19.8 Å². The number of carboxylic acid groups (broad SMARTS) is 1. The van der Waals surface area contributed by atoms with Crippen LogP contribution in [0.5, 0.6) is 0 Å². The maximum absolute atomic E-state index is 16.1. The summed E-state index contributed by atoms with van der Waals surface area (Å²) in [4.78, 5) is 19.1. The molecule has 14 heteroatoms. The lowest BCUT2D eigenvalue weighted by atomic mass is 10.0. The standard InChI is InChI=1S/C30H31ClFN7O4S/c1-20-18-36(14-15-38(20)30(40)41)23-4-6-24(7-5-23)39-19-26(29(34-39)21-8-10-33-11-9-21)25-16-22(31)17-27(28(25)32)35-44(42,43)37-12-2-3-13-37/h4-11,16-17,19-20,35H,2-3,12-15,18H2,1H3,(H,40,41). The molecule has 0 bridgehead atoms. The Morgan fingerprint density at radius 3 is 2.34 bits per heavy atom. The second-order valence-corrected chi connectivity index (χ2v) is 13.0. The molecule has 1 amide bonds. The van der Waals surface area contributed by atoms with Gasteiger partial charge >= 0.3 is 16.3 Å². The zero-order chi connectivity index (χ0) is 31.0. The van der Waals surface area contributed by atoms with Crippen LogP contribution in [-0.2, 0) is 10.2 Å². The Morgan fingerprint density at radius 2 is 1.68 bits per heavy atom. The van der Waals surface area contributed by atoms with E-state index in [1.807, 2.05) is 31.2 Å². The van der Waals surface area contributed by atoms with Crippen molar-refractivity contribution in [3.05, 3.63) is 78.0 Å². The Kier molecular flexibility index (Phi) is 8.18. The number of amides is 1. The maximum Gasteiger partial charge on any atom is 0.407 e. The normalized spacial score (nSPS) is 17.7. The molecule has 44 heavy (non-hydrogen) atoms. The number of pyridine rings is 1. The monoisotopic (exact) mass is 639 g/mol. The predicted molar refractivity (Wildman–Crippen MR) is 167 cm³/mol. The van der Waals surface area contributed by atoms with Crippen molar-refractivity contribution >= 4 is 39.3 Å². The van der Waals surface area contributed by atoms with Crippen molar-refractivity contribution in [3.63, 3.8) is 0 Å². The summed E-state index contributed by atoms with van der Waals surface area (Å²) in [5.41, 5.74) is 3.08. The van der Waals surface area contributed by atoms with Gasteiger partial charge in [0.05, 0.1) is 11.4 Å². The third-order valence-corrected chi connectivity index (χ3v) is 9.73. The predicted octanol–water partition coefficient (Wildman–Crippen LogP) is 5.33. The smallest absolute Gasteiger partial charge is 0.407 e. The van der Waals surface area contributed by atoms with Gasteiger partial charge in [0, 0.05) is 84.8 Å². The highest BCUT2D eigenvalue weighted by atomic mass is 35.5. The molecule has 0 saturated carbocycles. The Labute approximate surface area is 259 Å². The first-order valence-corrected chi connectivity index (χ1v) is 16.0. The minimum Gasteiger partial charge on any atom is -0.465 e. The second-order valence-electron chi connectivity index (χ2n) is 10.9. The highest BCUT2D eigenvalue weighted by Crippen LogP contribution is 2.38. The lowest BCUT2D eigenvalue weighted by Crippen LogP contribution is -2.53. The van der Waals surface area contributed by atoms with Crippen LogP contribution in [0.25, 0.3) is 28.1 Å². The summed E-state index contributed by atoms with van der Waals surface area (Å²) in [7, 11) is -3.96. The minimum absolute atomic E-state index is 0.0941. The van der Waals surface area contributed by atoms with E-state index in [9.17, 15) is 18.3 Å². The highest BCUT2D eigenvalue weighted by molar-refractivity contribution is 7.90. The summed E-state index contributed by atoms with van der Waals surface area (Å²) in [6.45, 7) is 4.20. The van der Waals surface area contributed by atoms with Crippen LogP contribution >= 0.6 is 11.6 Å². The summed E-state index contributed by atoms with van der Waals surface area (Å²) in [6, 6.07) is 13.8. The van der Waals surface area contributed by atoms with E-state index in [-0.39, 0.29) is 22.3 Å². The van der Waals surface area contributed by atoms with Crippen LogP contribution in [0.2, 0.25) is 5.02 Å². The Bertz CT molecular complexity index is 1780. The molecule has 0 radical (unpaired) electrons. The van der Waals surface area contributed by atoms with Crippen molar-refractivity contribution in [2.24, 2.45) is 0 Å². The minimum atomic E-state index is -3.96. The number of nitrogens with zero attached hydrogens (tertiary/aromatic N) is 6. The molecule has 4 aromatic rings. The van der Waals surface area contributed by atoms with Gasteiger partial charge in [-0.25, -0.2) is 13.9 Å². The van der Waals surface area contributed by atoms with Crippen molar-refractivity contribution < 1.29 is 22.7 Å². The number of piperazine rings is 1. The van der Waals surface area contributed by atoms with Crippen molar-refractivity contribution in [1.29, 1.82) is 0 Å². The molecule has 2 saturated heterocycles. The third kappa shape index (κ3) is 5.94. The second kappa shape index (κ2) is 12.1. The Morgan fingerprint density at radius 1 is 1.00 bits per heavy atom. The summed E-state index contributed by atoms with van der Waals surface area (Å²) < 4.78 is 47.3. The van der Waals surface area contributed by atoms with Gasteiger partial charge in [0.15, 0.2) is 5.82 Å². The van der Waals surface area contributed by atoms with Crippen LogP contribution < -0.4 is 9.62 Å². The number of anilines is 2. The first kappa shape index (κ1) is 29.9. The number of aromatic nitrogens is 3. The van der Waals surface area contributed by atoms with Gasteiger partial charge in [-0.2, -0.15) is 17.8 Å². The Hall–Kier alpha value is -4.20. The van der Waals surface area contributed by atoms with Crippen LogP contribution in [0.3, 0.4) is 0 Å². The number of carbonyl (C=O) groups is 1. The van der Waals surface area contributed by atoms with Crippen molar-refractivity contribution in [2.75, 3.05) is 42.3 Å². The molecule has 0 spiro atoms. The molecule has 2 aliphatic heterocycles. The van der Waals surface area contributed by atoms with Gasteiger partial charge in [-0.05, 0) is 68.3 Å². The molecule has 1 unspecified atom stereocenters. The van der Waals surface area contributed by atoms with Gasteiger partial charge in [0.1, 0.15) is 5.69 Å². The van der Waals surface area contributed by atoms with Gasteiger partial charge in [-0.3, -0.25) is 9.71 Å². The van der Waals surface area contributed by atoms with E-state index in [1.165, 1.54) is 21.3 Å². The molecule has 2 aromatic heterocycles. The first-order chi connectivity index (χ1) is 21.1. The number of hydrogen-bond donors (Lipinski definition) is 2. The number of nitrogens with one attached hydrogen (secondary N) is 1. The molecule has 2 aliphatic rings. The maximum atomic E-state index is 16.1. The van der Waals surface area contributed by atoms with Gasteiger partial charge < -0.3 is 14.9 Å². The van der Waals surface area contributed by atoms with Gasteiger partial charge in [-0.1, -0.05) is 11.6 Å². The number of benzene rings is 2. The zero-order valence-electron chi connectivity index (χ0n) is 23.9. The van der Waals surface area contributed by atoms with E-state index >= 15 is 4.39 Å². The number of hydrogen-bond acceptors (Lipinski definition) is 6. The topological polar surface area (TPSA) is 124 Å². The van der Waals surface area contributed by atoms with E-state index < -0.39 is 22.1 Å². The fourth-order valence-corrected chi connectivity index (χ4v) is 7.22. The molecule has 2 aromatic carbocycles. The van der Waals surface area contributed by atoms with E-state index in [0.29, 0.717) is 55.2 Å². The molecule has 6 rings (SSSR count). The van der Waals surface area contributed by atoms with Crippen LogP contribution in [0.4, 0.5) is 20.6 Å². The average molecular weight is 640 g/mol. The summed E-state index contributed by atoms with van der Waals surface area (Å²) in [5.74, 6) is -0.767. The molecule has 4 heterocycles. The quantitative estimate of drug-likeness (QED) is 0.280. The summed E-state index contributed by atoms with van der Waals surface area (Å²) in [5, 5.41) is 14.3. The average Bonchev–Trinajstić information content (AvgIpc) is 3.71. The molecule has 11 nitrogen and oxygen atoms in total. The third-order valence-electron chi connectivity index (χ3n) is 7.99. The molecule has 230 valence electrons. The molecular weight excluding hydrogens is 609 g/mol. The van der Waals surface area contributed by atoms with E-state index in [1.54, 1.807) is 35.4 Å². The summed E-state index contributed by atoms with van der Waals surface area (Å²) in [6.07, 6.45) is 5.50. The molecule has 2 N–H and O–H groups in total. The molecular formula is C30H31ClFN7O4S. The van der Waals surface area contributed by atoms with Crippen LogP contribution in [0, 0.1) is 5.82 Å². The van der Waals surface area contributed by atoms with Gasteiger partial charge in [0.2, 0.25) is 0 Å². The first-order valence-electron chi connectivity index (χ1n) is 14.2. The van der Waals surface area contributed by atoms with Crippen molar-refractivity contribution in [3.8, 4) is 28.1 Å². The van der Waals surface area contributed by atoms with E-state index in [2.05, 4.69) is 14.6 Å². The van der Waals surface area contributed by atoms with Crippen molar-refractivity contribution in [2.45, 2.75) is 25.8 Å². The van der Waals surface area contributed by atoms with Crippen LogP contribution in [0.15, 0.2) is 67.1 Å². The highest BCUT2D eigenvalue weighted by Gasteiger charge is 2.29. The Balaban J connectivity index is 1.35. The largest absolute Gasteiger partial charge is 0.465 e. The van der Waals surface area contributed by atoms with Crippen LogP contribution in [-0.4, -0.2) is 82.4 Å². The van der Waals surface area contributed by atoms with E-state index in [0.717, 1.165) is 18.5 Å². The molecule has 1 atom stereocenters. The fourth-order valence-electron chi connectivity index (χ4n) is 5.71. The SMILES string of the molecule is CC1CN(c2ccc(-n3cc(-c4cc(Cl)cc(NS(=O)(=O)N5CCCC5)c4F)c(-c4ccncc4)n3)cc2)CCN1C(=O)O. The van der Waals surface area contributed by atoms with Gasteiger partial charge in [0.25, 0.3) is 0 Å².